The van der Waals surface area contributed by atoms with Crippen LogP contribution in [0.5, 0.6) is 0 Å². The Morgan fingerprint density at radius 2 is 1.67 bits per heavy atom. The van der Waals surface area contributed by atoms with Crippen LogP contribution < -0.4 is 11.5 Å². The number of halogens is 1. The maximum absolute atomic E-state index is 5.95. The van der Waals surface area contributed by atoms with Gasteiger partial charge in [-0.15, -0.1) is 12.4 Å². The Hall–Kier alpha value is -0.673. The SMILES string of the molecule is CC(c1cc(N)ccc1N)[Si](C)(C)C.Cl. The number of rotatable bonds is 2. The molecule has 0 saturated carbocycles. The van der Waals surface area contributed by atoms with E-state index < -0.39 is 8.07 Å². The standard InChI is InChI=1S/C11H20N2Si.ClH/c1-8(14(2,3)4)10-7-9(12)5-6-11(10)13;/h5-8H,12-13H2,1-4H3;1H. The monoisotopic (exact) mass is 244 g/mol. The Bertz CT molecular complexity index is 334. The first-order valence-corrected chi connectivity index (χ1v) is 8.55. The maximum atomic E-state index is 5.95. The van der Waals surface area contributed by atoms with Crippen LogP contribution in [0.2, 0.25) is 19.6 Å². The Morgan fingerprint density at radius 3 is 2.13 bits per heavy atom. The van der Waals surface area contributed by atoms with Crippen molar-refractivity contribution < 1.29 is 0 Å². The van der Waals surface area contributed by atoms with Gasteiger partial charge in [0, 0.05) is 11.4 Å². The predicted octanol–water partition coefficient (Wildman–Crippen LogP) is 3.25. The maximum Gasteiger partial charge on any atom is 0.0519 e. The van der Waals surface area contributed by atoms with Gasteiger partial charge in [-0.25, -0.2) is 0 Å². The lowest BCUT2D eigenvalue weighted by molar-refractivity contribution is 1.02. The van der Waals surface area contributed by atoms with Gasteiger partial charge >= 0.3 is 0 Å². The van der Waals surface area contributed by atoms with E-state index in [1.54, 1.807) is 0 Å². The third-order valence-corrected chi connectivity index (χ3v) is 5.79. The zero-order chi connectivity index (χ0) is 10.9. The van der Waals surface area contributed by atoms with Crippen LogP contribution in [0.3, 0.4) is 0 Å². The number of nitrogens with two attached hydrogens (primary N) is 2. The van der Waals surface area contributed by atoms with E-state index in [2.05, 4.69) is 26.6 Å². The van der Waals surface area contributed by atoms with E-state index in [1.165, 1.54) is 5.56 Å². The van der Waals surface area contributed by atoms with Crippen LogP contribution >= 0.6 is 12.4 Å². The van der Waals surface area contributed by atoms with Crippen LogP contribution in [0.1, 0.15) is 18.0 Å². The summed E-state index contributed by atoms with van der Waals surface area (Å²) in [7, 11) is -1.19. The van der Waals surface area contributed by atoms with Gasteiger partial charge in [0.15, 0.2) is 0 Å². The van der Waals surface area contributed by atoms with E-state index in [0.29, 0.717) is 5.54 Å². The summed E-state index contributed by atoms with van der Waals surface area (Å²) < 4.78 is 0. The highest BCUT2D eigenvalue weighted by atomic mass is 35.5. The van der Waals surface area contributed by atoms with Gasteiger partial charge in [0.2, 0.25) is 0 Å². The van der Waals surface area contributed by atoms with Crippen LogP contribution in [0.4, 0.5) is 11.4 Å². The van der Waals surface area contributed by atoms with Crippen molar-refractivity contribution in [3.63, 3.8) is 0 Å². The summed E-state index contributed by atoms with van der Waals surface area (Å²) >= 11 is 0. The highest BCUT2D eigenvalue weighted by Crippen LogP contribution is 2.31. The van der Waals surface area contributed by atoms with Crippen molar-refractivity contribution in [2.75, 3.05) is 11.5 Å². The van der Waals surface area contributed by atoms with Gasteiger partial charge in [0.25, 0.3) is 0 Å². The minimum absolute atomic E-state index is 0. The second-order valence-electron chi connectivity index (χ2n) is 4.98. The lowest BCUT2D eigenvalue weighted by atomic mass is 10.1. The van der Waals surface area contributed by atoms with Gasteiger partial charge in [-0.3, -0.25) is 0 Å². The van der Waals surface area contributed by atoms with Gasteiger partial charge in [0.05, 0.1) is 8.07 Å². The van der Waals surface area contributed by atoms with Crippen molar-refractivity contribution in [1.29, 1.82) is 0 Å². The number of hydrogen-bond acceptors (Lipinski definition) is 2. The first-order chi connectivity index (χ1) is 6.32. The van der Waals surface area contributed by atoms with Crippen molar-refractivity contribution in [2.45, 2.75) is 32.1 Å². The minimum atomic E-state index is -1.19. The third kappa shape index (κ3) is 3.43. The Balaban J connectivity index is 0.00000196. The minimum Gasteiger partial charge on any atom is -0.399 e. The zero-order valence-corrected chi connectivity index (χ0v) is 11.7. The molecule has 1 aromatic rings. The van der Waals surface area contributed by atoms with Gasteiger partial charge in [-0.1, -0.05) is 26.6 Å². The van der Waals surface area contributed by atoms with Crippen LogP contribution in [-0.4, -0.2) is 8.07 Å². The molecule has 0 aliphatic carbocycles. The normalized spacial score (nSPS) is 13.1. The van der Waals surface area contributed by atoms with E-state index in [4.69, 9.17) is 11.5 Å². The number of hydrogen-bond donors (Lipinski definition) is 2. The van der Waals surface area contributed by atoms with Gasteiger partial charge < -0.3 is 11.5 Å². The molecule has 1 atom stereocenters. The first-order valence-electron chi connectivity index (χ1n) is 4.97. The van der Waals surface area contributed by atoms with Crippen LogP contribution in [0.15, 0.2) is 18.2 Å². The van der Waals surface area contributed by atoms with E-state index in [0.717, 1.165) is 11.4 Å². The summed E-state index contributed by atoms with van der Waals surface area (Å²) in [5.74, 6) is 0. The van der Waals surface area contributed by atoms with Crippen LogP contribution in [0.25, 0.3) is 0 Å². The highest BCUT2D eigenvalue weighted by molar-refractivity contribution is 6.77. The molecule has 0 amide bonds. The van der Waals surface area contributed by atoms with E-state index in [9.17, 15) is 0 Å². The summed E-state index contributed by atoms with van der Waals surface area (Å²) in [5, 5.41) is 0. The van der Waals surface area contributed by atoms with Gasteiger partial charge in [0.1, 0.15) is 0 Å². The summed E-state index contributed by atoms with van der Waals surface area (Å²) in [6.07, 6.45) is 0. The summed E-state index contributed by atoms with van der Waals surface area (Å²) in [5.41, 5.74) is 15.2. The fourth-order valence-electron chi connectivity index (χ4n) is 1.43. The smallest absolute Gasteiger partial charge is 0.0519 e. The Morgan fingerprint density at radius 1 is 1.13 bits per heavy atom. The fourth-order valence-corrected chi connectivity index (χ4v) is 2.62. The molecule has 1 unspecified atom stereocenters. The fraction of sp³-hybridized carbons (Fsp3) is 0.455. The van der Waals surface area contributed by atoms with Gasteiger partial charge in [-0.05, 0) is 29.3 Å². The van der Waals surface area contributed by atoms with Crippen LogP contribution in [-0.2, 0) is 0 Å². The van der Waals surface area contributed by atoms with Gasteiger partial charge in [-0.2, -0.15) is 0 Å². The quantitative estimate of drug-likeness (QED) is 0.620. The predicted molar refractivity (Wildman–Crippen MR) is 74.3 cm³/mol. The molecular formula is C11H21ClN2Si. The summed E-state index contributed by atoms with van der Waals surface area (Å²) in [4.78, 5) is 0. The van der Waals surface area contributed by atoms with Crippen LogP contribution in [0, 0.1) is 0 Å². The summed E-state index contributed by atoms with van der Waals surface area (Å²) in [6, 6.07) is 5.77. The zero-order valence-electron chi connectivity index (χ0n) is 9.87. The molecule has 0 heterocycles. The lowest BCUT2D eigenvalue weighted by Gasteiger charge is -2.26. The molecule has 0 bridgehead atoms. The van der Waals surface area contributed by atoms with E-state index in [1.807, 2.05) is 18.2 Å². The molecule has 0 aromatic heterocycles. The Kier molecular flexibility index (Phi) is 4.68. The largest absolute Gasteiger partial charge is 0.399 e. The summed E-state index contributed by atoms with van der Waals surface area (Å²) in [6.45, 7) is 9.29. The average molecular weight is 245 g/mol. The molecular weight excluding hydrogens is 224 g/mol. The van der Waals surface area contributed by atoms with Crippen molar-refractivity contribution in [3.8, 4) is 0 Å². The second kappa shape index (κ2) is 4.90. The molecule has 0 radical (unpaired) electrons. The molecule has 0 saturated heterocycles. The third-order valence-electron chi connectivity index (χ3n) is 2.88. The molecule has 2 nitrogen and oxygen atoms in total. The number of nitrogen functional groups attached to an aromatic ring is 2. The first kappa shape index (κ1) is 14.3. The lowest BCUT2D eigenvalue weighted by Crippen LogP contribution is -2.29. The highest BCUT2D eigenvalue weighted by Gasteiger charge is 2.25. The molecule has 86 valence electrons. The molecule has 1 aromatic carbocycles. The molecule has 15 heavy (non-hydrogen) atoms. The van der Waals surface area contributed by atoms with Crippen molar-refractivity contribution in [3.05, 3.63) is 23.8 Å². The van der Waals surface area contributed by atoms with Crippen molar-refractivity contribution >= 4 is 31.9 Å². The number of benzene rings is 1. The topological polar surface area (TPSA) is 52.0 Å². The molecule has 0 spiro atoms. The Labute approximate surface area is 99.5 Å². The molecule has 4 N–H and O–H groups in total. The average Bonchev–Trinajstić information content (AvgIpc) is 2.06. The van der Waals surface area contributed by atoms with Crippen molar-refractivity contribution in [1.82, 2.24) is 0 Å². The number of anilines is 2. The molecule has 0 fully saturated rings. The molecule has 1 rings (SSSR count). The molecule has 0 aliphatic heterocycles. The van der Waals surface area contributed by atoms with E-state index in [-0.39, 0.29) is 12.4 Å². The molecule has 4 heteroatoms. The van der Waals surface area contributed by atoms with E-state index >= 15 is 0 Å². The second-order valence-corrected chi connectivity index (χ2v) is 10.6. The van der Waals surface area contributed by atoms with Crippen molar-refractivity contribution in [2.24, 2.45) is 0 Å². The molecule has 0 aliphatic rings.